The standard InChI is InChI=1S/C14H30N2O2/c1-7-12(8-2)11(3)15-9-10-16-13(17)18-14(4,5)6/h11-12,15H,7-10H2,1-6H3,(H,16,17). The van der Waals surface area contributed by atoms with Gasteiger partial charge in [-0.1, -0.05) is 26.7 Å². The van der Waals surface area contributed by atoms with E-state index in [1.54, 1.807) is 0 Å². The van der Waals surface area contributed by atoms with Crippen LogP contribution in [0.1, 0.15) is 54.4 Å². The molecule has 0 saturated heterocycles. The summed E-state index contributed by atoms with van der Waals surface area (Å²) in [6.07, 6.45) is 2.02. The van der Waals surface area contributed by atoms with Crippen LogP contribution >= 0.6 is 0 Å². The molecule has 0 aromatic rings. The number of carbonyl (C=O) groups excluding carboxylic acids is 1. The smallest absolute Gasteiger partial charge is 0.407 e. The van der Waals surface area contributed by atoms with Crippen LogP contribution < -0.4 is 10.6 Å². The molecule has 0 heterocycles. The summed E-state index contributed by atoms with van der Waals surface area (Å²) in [5, 5.41) is 6.18. The van der Waals surface area contributed by atoms with E-state index >= 15 is 0 Å². The van der Waals surface area contributed by atoms with Crippen molar-refractivity contribution in [3.63, 3.8) is 0 Å². The highest BCUT2D eigenvalue weighted by molar-refractivity contribution is 5.67. The zero-order valence-corrected chi connectivity index (χ0v) is 12.8. The molecule has 0 aliphatic rings. The van der Waals surface area contributed by atoms with E-state index in [4.69, 9.17) is 4.74 Å². The highest BCUT2D eigenvalue weighted by Crippen LogP contribution is 2.12. The minimum atomic E-state index is -0.430. The molecule has 1 amide bonds. The zero-order valence-electron chi connectivity index (χ0n) is 12.8. The SMILES string of the molecule is CCC(CC)C(C)NCCNC(=O)OC(C)(C)C. The van der Waals surface area contributed by atoms with Gasteiger partial charge in [-0.15, -0.1) is 0 Å². The van der Waals surface area contributed by atoms with E-state index in [0.29, 0.717) is 18.5 Å². The lowest BCUT2D eigenvalue weighted by Crippen LogP contribution is -2.40. The van der Waals surface area contributed by atoms with Crippen LogP contribution in [-0.4, -0.2) is 30.8 Å². The van der Waals surface area contributed by atoms with Crippen LogP contribution in [0.5, 0.6) is 0 Å². The van der Waals surface area contributed by atoms with Gasteiger partial charge in [-0.2, -0.15) is 0 Å². The number of hydrogen-bond donors (Lipinski definition) is 2. The van der Waals surface area contributed by atoms with Crippen LogP contribution in [0.2, 0.25) is 0 Å². The van der Waals surface area contributed by atoms with Crippen molar-refractivity contribution in [2.45, 2.75) is 66.0 Å². The van der Waals surface area contributed by atoms with Gasteiger partial charge in [0.2, 0.25) is 0 Å². The molecule has 0 aromatic carbocycles. The minimum absolute atomic E-state index is 0.348. The van der Waals surface area contributed by atoms with Crippen LogP contribution in [0.25, 0.3) is 0 Å². The summed E-state index contributed by atoms with van der Waals surface area (Å²) in [5.41, 5.74) is -0.430. The summed E-state index contributed by atoms with van der Waals surface area (Å²) < 4.78 is 5.16. The van der Waals surface area contributed by atoms with Gasteiger partial charge < -0.3 is 15.4 Å². The molecule has 108 valence electrons. The van der Waals surface area contributed by atoms with Crippen LogP contribution in [0, 0.1) is 5.92 Å². The van der Waals surface area contributed by atoms with Gasteiger partial charge in [-0.05, 0) is 33.6 Å². The number of carbonyl (C=O) groups is 1. The van der Waals surface area contributed by atoms with E-state index < -0.39 is 5.60 Å². The van der Waals surface area contributed by atoms with Gasteiger partial charge in [0.05, 0.1) is 0 Å². The van der Waals surface area contributed by atoms with Gasteiger partial charge in [-0.3, -0.25) is 0 Å². The summed E-state index contributed by atoms with van der Waals surface area (Å²) in [6.45, 7) is 13.6. The minimum Gasteiger partial charge on any atom is -0.444 e. The number of alkyl carbamates (subject to hydrolysis) is 1. The Bertz CT molecular complexity index is 232. The van der Waals surface area contributed by atoms with Crippen molar-refractivity contribution < 1.29 is 9.53 Å². The molecule has 0 bridgehead atoms. The Balaban J connectivity index is 3.70. The first kappa shape index (κ1) is 17.2. The van der Waals surface area contributed by atoms with Crippen LogP contribution in [-0.2, 0) is 4.74 Å². The largest absolute Gasteiger partial charge is 0.444 e. The maximum absolute atomic E-state index is 11.4. The second-order valence-electron chi connectivity index (χ2n) is 5.75. The predicted molar refractivity (Wildman–Crippen MR) is 75.8 cm³/mol. The van der Waals surface area contributed by atoms with Crippen molar-refractivity contribution in [1.82, 2.24) is 10.6 Å². The quantitative estimate of drug-likeness (QED) is 0.690. The van der Waals surface area contributed by atoms with E-state index in [1.165, 1.54) is 12.8 Å². The molecule has 0 aliphatic heterocycles. The molecule has 0 spiro atoms. The zero-order chi connectivity index (χ0) is 14.2. The summed E-state index contributed by atoms with van der Waals surface area (Å²) in [7, 11) is 0. The second-order valence-corrected chi connectivity index (χ2v) is 5.75. The third-order valence-corrected chi connectivity index (χ3v) is 3.02. The van der Waals surface area contributed by atoms with Crippen molar-refractivity contribution in [1.29, 1.82) is 0 Å². The molecule has 0 aliphatic carbocycles. The van der Waals surface area contributed by atoms with Crippen LogP contribution in [0.4, 0.5) is 4.79 Å². The third kappa shape index (κ3) is 8.34. The Morgan fingerprint density at radius 2 is 1.72 bits per heavy atom. The molecule has 1 unspecified atom stereocenters. The van der Waals surface area contributed by atoms with Gasteiger partial charge in [0.1, 0.15) is 5.60 Å². The Labute approximate surface area is 112 Å². The summed E-state index contributed by atoms with van der Waals surface area (Å²) in [4.78, 5) is 11.4. The first-order chi connectivity index (χ1) is 8.30. The molecule has 1 atom stereocenters. The van der Waals surface area contributed by atoms with E-state index in [0.717, 1.165) is 6.54 Å². The molecule has 0 aromatic heterocycles. The number of amides is 1. The second kappa shape index (κ2) is 8.35. The summed E-state index contributed by atoms with van der Waals surface area (Å²) in [6, 6.07) is 0.487. The maximum Gasteiger partial charge on any atom is 0.407 e. The molecule has 18 heavy (non-hydrogen) atoms. The summed E-state index contributed by atoms with van der Waals surface area (Å²) in [5.74, 6) is 0.700. The highest BCUT2D eigenvalue weighted by Gasteiger charge is 2.16. The van der Waals surface area contributed by atoms with Crippen molar-refractivity contribution >= 4 is 6.09 Å². The average molecular weight is 258 g/mol. The molecule has 2 N–H and O–H groups in total. The first-order valence-electron chi connectivity index (χ1n) is 7.00. The molecule has 4 heteroatoms. The monoisotopic (exact) mass is 258 g/mol. The maximum atomic E-state index is 11.4. The van der Waals surface area contributed by atoms with E-state index in [-0.39, 0.29) is 6.09 Å². The Morgan fingerprint density at radius 1 is 1.17 bits per heavy atom. The predicted octanol–water partition coefficient (Wildman–Crippen LogP) is 2.93. The molecule has 0 radical (unpaired) electrons. The van der Waals surface area contributed by atoms with Crippen LogP contribution in [0.15, 0.2) is 0 Å². The van der Waals surface area contributed by atoms with Crippen molar-refractivity contribution in [2.24, 2.45) is 5.92 Å². The van der Waals surface area contributed by atoms with Crippen molar-refractivity contribution in [3.05, 3.63) is 0 Å². The lowest BCUT2D eigenvalue weighted by molar-refractivity contribution is 0.0527. The normalized spacial score (nSPS) is 13.5. The van der Waals surface area contributed by atoms with Crippen LogP contribution in [0.3, 0.4) is 0 Å². The summed E-state index contributed by atoms with van der Waals surface area (Å²) >= 11 is 0. The Kier molecular flexibility index (Phi) is 8.00. The number of hydrogen-bond acceptors (Lipinski definition) is 3. The fourth-order valence-electron chi connectivity index (χ4n) is 1.94. The Hall–Kier alpha value is -0.770. The van der Waals surface area contributed by atoms with Crippen molar-refractivity contribution in [2.75, 3.05) is 13.1 Å². The lowest BCUT2D eigenvalue weighted by Gasteiger charge is -2.23. The van der Waals surface area contributed by atoms with Gasteiger partial charge >= 0.3 is 6.09 Å². The number of ether oxygens (including phenoxy) is 1. The number of rotatable bonds is 7. The van der Waals surface area contributed by atoms with E-state index in [2.05, 4.69) is 31.4 Å². The van der Waals surface area contributed by atoms with Crippen molar-refractivity contribution in [3.8, 4) is 0 Å². The van der Waals surface area contributed by atoms with Gasteiger partial charge in [0.25, 0.3) is 0 Å². The fraction of sp³-hybridized carbons (Fsp3) is 0.929. The highest BCUT2D eigenvalue weighted by atomic mass is 16.6. The Morgan fingerprint density at radius 3 is 2.17 bits per heavy atom. The van der Waals surface area contributed by atoms with E-state index in [1.807, 2.05) is 20.8 Å². The van der Waals surface area contributed by atoms with Gasteiger partial charge in [-0.25, -0.2) is 4.79 Å². The third-order valence-electron chi connectivity index (χ3n) is 3.02. The first-order valence-corrected chi connectivity index (χ1v) is 7.00. The molecule has 0 rings (SSSR count). The number of nitrogens with one attached hydrogen (secondary N) is 2. The fourth-order valence-corrected chi connectivity index (χ4v) is 1.94. The molecule has 4 nitrogen and oxygen atoms in total. The van der Waals surface area contributed by atoms with E-state index in [9.17, 15) is 4.79 Å². The topological polar surface area (TPSA) is 50.4 Å². The van der Waals surface area contributed by atoms with Gasteiger partial charge in [0.15, 0.2) is 0 Å². The molecular weight excluding hydrogens is 228 g/mol. The lowest BCUT2D eigenvalue weighted by atomic mass is 9.95. The average Bonchev–Trinajstić information content (AvgIpc) is 2.23. The molecule has 0 fully saturated rings. The molecule has 0 saturated carbocycles. The molecular formula is C14H30N2O2. The van der Waals surface area contributed by atoms with Gasteiger partial charge in [0, 0.05) is 19.1 Å².